The number of hydrogen-bond acceptors (Lipinski definition) is 3. The summed E-state index contributed by atoms with van der Waals surface area (Å²) in [6.07, 6.45) is 2.46. The van der Waals surface area contributed by atoms with Crippen LogP contribution >= 0.6 is 0 Å². The zero-order valence-corrected chi connectivity index (χ0v) is 9.38. The Bertz CT molecular complexity index is 514. The van der Waals surface area contributed by atoms with E-state index in [1.165, 1.54) is 10.7 Å². The van der Waals surface area contributed by atoms with E-state index in [9.17, 15) is 4.79 Å². The van der Waals surface area contributed by atoms with Crippen LogP contribution in [0.1, 0.15) is 26.3 Å². The van der Waals surface area contributed by atoms with Crippen molar-refractivity contribution in [1.82, 2.24) is 9.78 Å². The molecule has 0 aliphatic carbocycles. The summed E-state index contributed by atoms with van der Waals surface area (Å²) in [6, 6.07) is 6.93. The molecule has 0 N–H and O–H groups in total. The molecule has 1 atom stereocenters. The van der Waals surface area contributed by atoms with Gasteiger partial charge in [-0.05, 0) is 31.5 Å². The van der Waals surface area contributed by atoms with E-state index < -0.39 is 0 Å². The molecule has 16 heavy (non-hydrogen) atoms. The molecule has 0 amide bonds. The fourth-order valence-corrected chi connectivity index (χ4v) is 1.47. The molecule has 0 aromatic carbocycles. The van der Waals surface area contributed by atoms with E-state index in [0.717, 1.165) is 6.42 Å². The molecule has 4 nitrogen and oxygen atoms in total. The molecular weight excluding hydrogens is 204 g/mol. The predicted molar refractivity (Wildman–Crippen MR) is 61.2 cm³/mol. The summed E-state index contributed by atoms with van der Waals surface area (Å²) < 4.78 is 6.75. The maximum absolute atomic E-state index is 11.6. The molecule has 0 spiro atoms. The van der Waals surface area contributed by atoms with Crippen LogP contribution in [0.15, 0.2) is 39.7 Å². The van der Waals surface area contributed by atoms with Crippen LogP contribution < -0.4 is 5.56 Å². The average molecular weight is 218 g/mol. The Balaban J connectivity index is 2.48. The summed E-state index contributed by atoms with van der Waals surface area (Å²) in [5, 5.41) is 4.30. The number of hydrogen-bond donors (Lipinski definition) is 0. The van der Waals surface area contributed by atoms with Gasteiger partial charge in [-0.2, -0.15) is 5.10 Å². The summed E-state index contributed by atoms with van der Waals surface area (Å²) in [5.74, 6) is 0.678. The smallest absolute Gasteiger partial charge is 0.267 e. The predicted octanol–water partition coefficient (Wildman–Crippen LogP) is 2.47. The molecule has 0 unspecified atom stereocenters. The van der Waals surface area contributed by atoms with Crippen molar-refractivity contribution >= 4 is 0 Å². The molecular formula is C12H14N2O2. The first kappa shape index (κ1) is 10.7. The Labute approximate surface area is 93.5 Å². The van der Waals surface area contributed by atoms with Gasteiger partial charge >= 0.3 is 0 Å². The summed E-state index contributed by atoms with van der Waals surface area (Å²) >= 11 is 0. The second kappa shape index (κ2) is 4.35. The van der Waals surface area contributed by atoms with Crippen LogP contribution in [0.25, 0.3) is 11.5 Å². The van der Waals surface area contributed by atoms with E-state index in [2.05, 4.69) is 5.10 Å². The van der Waals surface area contributed by atoms with Gasteiger partial charge in [-0.3, -0.25) is 4.79 Å². The van der Waals surface area contributed by atoms with Gasteiger partial charge in [0.25, 0.3) is 5.56 Å². The third-order valence-corrected chi connectivity index (χ3v) is 2.61. The molecule has 84 valence electrons. The maximum atomic E-state index is 11.6. The molecule has 2 aromatic rings. The second-order valence-electron chi connectivity index (χ2n) is 3.74. The second-order valence-corrected chi connectivity index (χ2v) is 3.74. The highest BCUT2D eigenvalue weighted by Gasteiger charge is 2.09. The zero-order chi connectivity index (χ0) is 11.5. The minimum atomic E-state index is -0.0790. The molecule has 0 fully saturated rings. The van der Waals surface area contributed by atoms with Crippen molar-refractivity contribution in [2.45, 2.75) is 26.3 Å². The first-order valence-corrected chi connectivity index (χ1v) is 5.36. The number of aromatic nitrogens is 2. The van der Waals surface area contributed by atoms with Gasteiger partial charge in [0.15, 0.2) is 5.76 Å². The first-order chi connectivity index (χ1) is 7.72. The molecule has 0 aliphatic rings. The van der Waals surface area contributed by atoms with Gasteiger partial charge in [-0.25, -0.2) is 4.68 Å². The largest absolute Gasteiger partial charge is 0.463 e. The minimum absolute atomic E-state index is 0.0790. The van der Waals surface area contributed by atoms with Crippen molar-refractivity contribution in [3.8, 4) is 11.5 Å². The lowest BCUT2D eigenvalue weighted by Gasteiger charge is -2.11. The molecule has 0 saturated heterocycles. The fourth-order valence-electron chi connectivity index (χ4n) is 1.47. The molecule has 0 saturated carbocycles. The normalized spacial score (nSPS) is 12.6. The van der Waals surface area contributed by atoms with Gasteiger partial charge < -0.3 is 4.42 Å². The van der Waals surface area contributed by atoms with E-state index in [-0.39, 0.29) is 11.6 Å². The lowest BCUT2D eigenvalue weighted by Crippen LogP contribution is -2.25. The van der Waals surface area contributed by atoms with Crippen LogP contribution in [0.3, 0.4) is 0 Å². The molecule has 4 heteroatoms. The fraction of sp³-hybridized carbons (Fsp3) is 0.333. The Kier molecular flexibility index (Phi) is 2.90. The Hall–Kier alpha value is -1.84. The van der Waals surface area contributed by atoms with Gasteiger partial charge in [0.1, 0.15) is 5.69 Å². The van der Waals surface area contributed by atoms with Crippen molar-refractivity contribution in [2.24, 2.45) is 0 Å². The van der Waals surface area contributed by atoms with Gasteiger partial charge in [0.2, 0.25) is 0 Å². The van der Waals surface area contributed by atoms with Gasteiger partial charge in [0.05, 0.1) is 12.3 Å². The molecule has 0 bridgehead atoms. The van der Waals surface area contributed by atoms with Gasteiger partial charge in [-0.1, -0.05) is 6.92 Å². The van der Waals surface area contributed by atoms with E-state index >= 15 is 0 Å². The van der Waals surface area contributed by atoms with Crippen molar-refractivity contribution in [3.63, 3.8) is 0 Å². The Morgan fingerprint density at radius 1 is 1.44 bits per heavy atom. The standard InChI is InChI=1S/C12H14N2O2/c1-3-9(2)14-12(15)7-6-10(13-14)11-5-4-8-16-11/h4-9H,3H2,1-2H3/t9-/m1/s1. The summed E-state index contributed by atoms with van der Waals surface area (Å²) in [4.78, 5) is 11.6. The highest BCUT2D eigenvalue weighted by atomic mass is 16.3. The van der Waals surface area contributed by atoms with Crippen LogP contribution in [0.5, 0.6) is 0 Å². The average Bonchev–Trinajstić information content (AvgIpc) is 2.82. The Morgan fingerprint density at radius 2 is 2.25 bits per heavy atom. The first-order valence-electron chi connectivity index (χ1n) is 5.36. The zero-order valence-electron chi connectivity index (χ0n) is 9.38. The third kappa shape index (κ3) is 1.91. The van der Waals surface area contributed by atoms with Crippen LogP contribution in [-0.2, 0) is 0 Å². The van der Waals surface area contributed by atoms with Gasteiger partial charge in [0, 0.05) is 6.07 Å². The van der Waals surface area contributed by atoms with Crippen molar-refractivity contribution in [2.75, 3.05) is 0 Å². The monoisotopic (exact) mass is 218 g/mol. The Morgan fingerprint density at radius 3 is 2.88 bits per heavy atom. The molecule has 2 rings (SSSR count). The third-order valence-electron chi connectivity index (χ3n) is 2.61. The van der Waals surface area contributed by atoms with Crippen LogP contribution in [0.4, 0.5) is 0 Å². The summed E-state index contributed by atoms with van der Waals surface area (Å²) in [5.41, 5.74) is 0.606. The van der Waals surface area contributed by atoms with E-state index in [4.69, 9.17) is 4.42 Å². The minimum Gasteiger partial charge on any atom is -0.463 e. The van der Waals surface area contributed by atoms with Crippen LogP contribution in [0, 0.1) is 0 Å². The summed E-state index contributed by atoms with van der Waals surface area (Å²) in [6.45, 7) is 4.00. The maximum Gasteiger partial charge on any atom is 0.267 e. The highest BCUT2D eigenvalue weighted by molar-refractivity contribution is 5.50. The van der Waals surface area contributed by atoms with Crippen LogP contribution in [0.2, 0.25) is 0 Å². The quantitative estimate of drug-likeness (QED) is 0.795. The lowest BCUT2D eigenvalue weighted by molar-refractivity contribution is 0.453. The van der Waals surface area contributed by atoms with E-state index in [1.54, 1.807) is 18.4 Å². The molecule has 2 heterocycles. The topological polar surface area (TPSA) is 48.0 Å². The van der Waals surface area contributed by atoms with E-state index in [0.29, 0.717) is 11.5 Å². The van der Waals surface area contributed by atoms with Crippen molar-refractivity contribution < 1.29 is 4.42 Å². The van der Waals surface area contributed by atoms with Crippen LogP contribution in [-0.4, -0.2) is 9.78 Å². The van der Waals surface area contributed by atoms with E-state index in [1.807, 2.05) is 19.9 Å². The highest BCUT2D eigenvalue weighted by Crippen LogP contribution is 2.16. The van der Waals surface area contributed by atoms with Crippen molar-refractivity contribution in [1.29, 1.82) is 0 Å². The summed E-state index contributed by atoms with van der Waals surface area (Å²) in [7, 11) is 0. The van der Waals surface area contributed by atoms with Gasteiger partial charge in [-0.15, -0.1) is 0 Å². The number of nitrogens with zero attached hydrogens (tertiary/aromatic N) is 2. The number of rotatable bonds is 3. The molecule has 0 aliphatic heterocycles. The SMILES string of the molecule is CC[C@@H](C)n1nc(-c2ccco2)ccc1=O. The lowest BCUT2D eigenvalue weighted by atomic mass is 10.2. The molecule has 0 radical (unpaired) electrons. The molecule has 2 aromatic heterocycles. The van der Waals surface area contributed by atoms with Crippen molar-refractivity contribution in [3.05, 3.63) is 40.9 Å². The number of furan rings is 1.